The van der Waals surface area contributed by atoms with Crippen LogP contribution < -0.4 is 9.64 Å². The number of nitrogens with zero attached hydrogens (tertiary/aromatic N) is 3. The van der Waals surface area contributed by atoms with Crippen LogP contribution >= 0.6 is 0 Å². The second kappa shape index (κ2) is 11.1. The van der Waals surface area contributed by atoms with Crippen LogP contribution in [-0.4, -0.2) is 51.1 Å². The molecule has 0 saturated heterocycles. The summed E-state index contributed by atoms with van der Waals surface area (Å²) >= 11 is 0. The Kier molecular flexibility index (Phi) is 7.72. The average molecular weight is 554 g/mol. The minimum Gasteiger partial charge on any atom is -0.491 e. The lowest BCUT2D eigenvalue weighted by Gasteiger charge is -2.34. The zero-order chi connectivity index (χ0) is 28.7. The summed E-state index contributed by atoms with van der Waals surface area (Å²) in [5.41, 5.74) is 3.18. The number of imidazole rings is 1. The Morgan fingerprint density at radius 3 is 2.62 bits per heavy atom. The summed E-state index contributed by atoms with van der Waals surface area (Å²) in [7, 11) is 1.35. The van der Waals surface area contributed by atoms with Crippen LogP contribution in [0.1, 0.15) is 82.0 Å². The molecule has 1 aliphatic carbocycles. The number of aliphatic carboxylic acids is 1. The molecule has 2 aromatic carbocycles. The zero-order valence-corrected chi connectivity index (χ0v) is 23.3. The number of carboxylic acids is 1. The molecule has 3 aromatic rings. The number of halogens is 1. The molecular formula is C30H36FN3O6. The van der Waals surface area contributed by atoms with Gasteiger partial charge in [-0.15, -0.1) is 0 Å². The lowest BCUT2D eigenvalue weighted by atomic mass is 9.85. The molecule has 9 nitrogen and oxygen atoms in total. The van der Waals surface area contributed by atoms with E-state index in [-0.39, 0.29) is 23.8 Å². The van der Waals surface area contributed by atoms with Crippen molar-refractivity contribution < 1.29 is 33.7 Å². The number of fused-ring (bicyclic) bond motifs is 3. The standard InChI is InChI=1S/C30H36FN3O6/c1-16(2)40-25-13-9-19(31)15-22(25)27(35)28-32-26-21-10-8-17(3)33(30(38)39-4)23(21)11-12-24(26)34(28)20-7-5-6-18(14-20)29(36)37/h9,11-13,15-18,20,27,35H,5-8,10,14H2,1-4H3,(H,36,37)/t17-,18?,20?,27?/m0/s1. The third-order valence-corrected chi connectivity index (χ3v) is 8.09. The summed E-state index contributed by atoms with van der Waals surface area (Å²) in [6.45, 7) is 5.67. The number of benzene rings is 2. The predicted octanol–water partition coefficient (Wildman–Crippen LogP) is 5.77. The van der Waals surface area contributed by atoms with Crippen molar-refractivity contribution >= 4 is 28.8 Å². The molecule has 2 aliphatic rings. The van der Waals surface area contributed by atoms with E-state index < -0.39 is 29.9 Å². The maximum Gasteiger partial charge on any atom is 0.414 e. The zero-order valence-electron chi connectivity index (χ0n) is 23.3. The van der Waals surface area contributed by atoms with Crippen LogP contribution in [0.4, 0.5) is 14.9 Å². The van der Waals surface area contributed by atoms with Gasteiger partial charge in [0.2, 0.25) is 0 Å². The quantitative estimate of drug-likeness (QED) is 0.398. The van der Waals surface area contributed by atoms with Crippen molar-refractivity contribution in [3.63, 3.8) is 0 Å². The highest BCUT2D eigenvalue weighted by molar-refractivity contribution is 5.95. The minimum absolute atomic E-state index is 0.0674. The highest BCUT2D eigenvalue weighted by atomic mass is 19.1. The van der Waals surface area contributed by atoms with Crippen LogP contribution in [0, 0.1) is 11.7 Å². The predicted molar refractivity (Wildman–Crippen MR) is 147 cm³/mol. The molecule has 1 aliphatic heterocycles. The van der Waals surface area contributed by atoms with Crippen LogP contribution in [0.5, 0.6) is 5.75 Å². The van der Waals surface area contributed by atoms with Crippen molar-refractivity contribution in [1.82, 2.24) is 9.55 Å². The number of ether oxygens (including phenoxy) is 2. The molecule has 214 valence electrons. The second-order valence-electron chi connectivity index (χ2n) is 11.1. The highest BCUT2D eigenvalue weighted by Crippen LogP contribution is 2.43. The summed E-state index contributed by atoms with van der Waals surface area (Å²) in [6, 6.07) is 7.47. The Morgan fingerprint density at radius 1 is 1.15 bits per heavy atom. The van der Waals surface area contributed by atoms with Crippen LogP contribution in [0.25, 0.3) is 11.0 Å². The topological polar surface area (TPSA) is 114 Å². The summed E-state index contributed by atoms with van der Waals surface area (Å²) in [5, 5.41) is 21.6. The third-order valence-electron chi connectivity index (χ3n) is 8.09. The number of carbonyl (C=O) groups excluding carboxylic acids is 1. The van der Waals surface area contributed by atoms with Gasteiger partial charge in [0, 0.05) is 23.2 Å². The molecule has 0 bridgehead atoms. The van der Waals surface area contributed by atoms with E-state index in [0.717, 1.165) is 23.9 Å². The lowest BCUT2D eigenvalue weighted by Crippen LogP contribution is -2.42. The number of methoxy groups -OCH3 is 1. The summed E-state index contributed by atoms with van der Waals surface area (Å²) < 4.78 is 27.4. The van der Waals surface area contributed by atoms with E-state index in [0.29, 0.717) is 48.5 Å². The maximum absolute atomic E-state index is 14.5. The van der Waals surface area contributed by atoms with Gasteiger partial charge < -0.3 is 24.3 Å². The normalized spacial score (nSPS) is 21.8. The summed E-state index contributed by atoms with van der Waals surface area (Å²) in [4.78, 5) is 31.2. The fourth-order valence-corrected chi connectivity index (χ4v) is 6.23. The Labute approximate surface area is 232 Å². The van der Waals surface area contributed by atoms with E-state index in [1.54, 1.807) is 4.90 Å². The molecule has 4 atom stereocenters. The Bertz CT molecular complexity index is 1440. The number of aliphatic hydroxyl groups excluding tert-OH is 1. The van der Waals surface area contributed by atoms with Gasteiger partial charge >= 0.3 is 12.1 Å². The Morgan fingerprint density at radius 2 is 1.93 bits per heavy atom. The Hall–Kier alpha value is -3.66. The van der Waals surface area contributed by atoms with Crippen molar-refractivity contribution in [2.45, 2.75) is 83.6 Å². The first-order valence-electron chi connectivity index (χ1n) is 13.9. The number of aliphatic hydroxyl groups is 1. The number of rotatable bonds is 6. The number of aromatic nitrogens is 2. The number of carboxylic acid groups (broad SMARTS) is 1. The van der Waals surface area contributed by atoms with Gasteiger partial charge in [0.05, 0.1) is 35.9 Å². The largest absolute Gasteiger partial charge is 0.491 e. The van der Waals surface area contributed by atoms with Gasteiger partial charge in [0.15, 0.2) is 0 Å². The molecule has 40 heavy (non-hydrogen) atoms. The van der Waals surface area contributed by atoms with Crippen molar-refractivity contribution in [3.05, 3.63) is 53.1 Å². The van der Waals surface area contributed by atoms with E-state index in [2.05, 4.69) is 0 Å². The average Bonchev–Trinajstić information content (AvgIpc) is 3.33. The molecule has 2 heterocycles. The van der Waals surface area contributed by atoms with E-state index >= 15 is 0 Å². The number of hydrogen-bond acceptors (Lipinski definition) is 6. The van der Waals surface area contributed by atoms with Crippen molar-refractivity contribution in [2.24, 2.45) is 5.92 Å². The molecule has 0 radical (unpaired) electrons. The van der Waals surface area contributed by atoms with Crippen molar-refractivity contribution in [2.75, 3.05) is 12.0 Å². The van der Waals surface area contributed by atoms with Crippen LogP contribution in [-0.2, 0) is 16.0 Å². The van der Waals surface area contributed by atoms with Gasteiger partial charge in [0.25, 0.3) is 0 Å². The van der Waals surface area contributed by atoms with Crippen molar-refractivity contribution in [1.29, 1.82) is 0 Å². The van der Waals surface area contributed by atoms with Crippen LogP contribution in [0.3, 0.4) is 0 Å². The van der Waals surface area contributed by atoms with Gasteiger partial charge in [-0.3, -0.25) is 9.69 Å². The van der Waals surface area contributed by atoms with E-state index in [9.17, 15) is 24.2 Å². The molecule has 10 heteroatoms. The minimum atomic E-state index is -1.34. The van der Waals surface area contributed by atoms with Crippen LogP contribution in [0.2, 0.25) is 0 Å². The van der Waals surface area contributed by atoms with Crippen molar-refractivity contribution in [3.8, 4) is 5.75 Å². The highest BCUT2D eigenvalue weighted by Gasteiger charge is 2.36. The monoisotopic (exact) mass is 553 g/mol. The number of carbonyl (C=O) groups is 2. The summed E-state index contributed by atoms with van der Waals surface area (Å²) in [5.74, 6) is -1.22. The number of anilines is 1. The van der Waals surface area contributed by atoms with E-state index in [1.165, 1.54) is 25.3 Å². The molecular weight excluding hydrogens is 517 g/mol. The fourth-order valence-electron chi connectivity index (χ4n) is 6.23. The first kappa shape index (κ1) is 27.9. The van der Waals surface area contributed by atoms with Crippen LogP contribution in [0.15, 0.2) is 30.3 Å². The molecule has 3 unspecified atom stereocenters. The van der Waals surface area contributed by atoms with E-state index in [1.807, 2.05) is 37.5 Å². The maximum atomic E-state index is 14.5. The van der Waals surface area contributed by atoms with Gasteiger partial charge in [-0.1, -0.05) is 6.42 Å². The summed E-state index contributed by atoms with van der Waals surface area (Å²) in [6.07, 6.45) is 1.78. The smallest absolute Gasteiger partial charge is 0.414 e. The molecule has 1 saturated carbocycles. The van der Waals surface area contributed by atoms with Gasteiger partial charge in [-0.2, -0.15) is 0 Å². The number of amides is 1. The first-order valence-corrected chi connectivity index (χ1v) is 13.9. The molecule has 1 amide bonds. The number of hydrogen-bond donors (Lipinski definition) is 2. The molecule has 5 rings (SSSR count). The first-order chi connectivity index (χ1) is 19.1. The van der Waals surface area contributed by atoms with E-state index in [4.69, 9.17) is 14.5 Å². The Balaban J connectivity index is 1.71. The molecule has 0 spiro atoms. The molecule has 1 aromatic heterocycles. The SMILES string of the molecule is COC(=O)N1c2ccc3c(nc(C(O)c4cc(F)ccc4OC(C)C)n3C3CCCC(C(=O)O)C3)c2CC[C@@H]1C. The molecule has 1 fully saturated rings. The van der Waals surface area contributed by atoms with Gasteiger partial charge in [-0.25, -0.2) is 14.2 Å². The third kappa shape index (κ3) is 5.00. The van der Waals surface area contributed by atoms with Gasteiger partial charge in [-0.05, 0) is 83.2 Å². The number of aryl methyl sites for hydroxylation is 1. The van der Waals surface area contributed by atoms with Gasteiger partial charge in [0.1, 0.15) is 23.5 Å². The fraction of sp³-hybridized carbons (Fsp3) is 0.500. The lowest BCUT2D eigenvalue weighted by molar-refractivity contribution is -0.143. The molecule has 2 N–H and O–H groups in total. The second-order valence-corrected chi connectivity index (χ2v) is 11.1.